The molecular formula is C11H13ClN2S2. The lowest BCUT2D eigenvalue weighted by Gasteiger charge is -2.04. The maximum Gasteiger partial charge on any atom is 0.178 e. The normalized spacial score (nSPS) is 11.1. The summed E-state index contributed by atoms with van der Waals surface area (Å²) >= 11 is 13.3. The van der Waals surface area contributed by atoms with Gasteiger partial charge in [0.05, 0.1) is 16.1 Å². The molecule has 1 N–H and O–H groups in total. The van der Waals surface area contributed by atoms with Gasteiger partial charge < -0.3 is 9.55 Å². The van der Waals surface area contributed by atoms with E-state index in [1.165, 1.54) is 0 Å². The third-order valence-electron chi connectivity index (χ3n) is 2.47. The number of hydrogen-bond donors (Lipinski definition) is 1. The molecule has 2 rings (SSSR count). The SMILES string of the molecule is CSCCCn1c(=S)[nH]c2cccc(Cl)c21. The summed E-state index contributed by atoms with van der Waals surface area (Å²) in [6, 6.07) is 5.84. The van der Waals surface area contributed by atoms with E-state index in [1.807, 2.05) is 30.0 Å². The molecule has 86 valence electrons. The van der Waals surface area contributed by atoms with E-state index in [0.29, 0.717) is 0 Å². The first-order valence-corrected chi connectivity index (χ1v) is 7.28. The van der Waals surface area contributed by atoms with Crippen molar-refractivity contribution in [3.8, 4) is 0 Å². The molecule has 0 aliphatic heterocycles. The molecule has 1 aromatic heterocycles. The highest BCUT2D eigenvalue weighted by Crippen LogP contribution is 2.23. The van der Waals surface area contributed by atoms with Crippen molar-refractivity contribution in [2.24, 2.45) is 0 Å². The Morgan fingerprint density at radius 3 is 3.06 bits per heavy atom. The summed E-state index contributed by atoms with van der Waals surface area (Å²) < 4.78 is 2.84. The number of H-pyrrole nitrogens is 1. The van der Waals surface area contributed by atoms with Crippen molar-refractivity contribution in [2.45, 2.75) is 13.0 Å². The van der Waals surface area contributed by atoms with Gasteiger partial charge in [-0.2, -0.15) is 11.8 Å². The molecule has 0 atom stereocenters. The van der Waals surface area contributed by atoms with E-state index in [4.69, 9.17) is 23.8 Å². The van der Waals surface area contributed by atoms with E-state index in [-0.39, 0.29) is 0 Å². The zero-order chi connectivity index (χ0) is 11.5. The molecule has 0 spiro atoms. The third-order valence-corrected chi connectivity index (χ3v) is 3.80. The highest BCUT2D eigenvalue weighted by atomic mass is 35.5. The van der Waals surface area contributed by atoms with Crippen molar-refractivity contribution >= 4 is 46.6 Å². The van der Waals surface area contributed by atoms with E-state index in [1.54, 1.807) is 0 Å². The summed E-state index contributed by atoms with van der Waals surface area (Å²) in [5, 5.41) is 0.758. The molecule has 1 heterocycles. The van der Waals surface area contributed by atoms with Crippen LogP contribution in [0.1, 0.15) is 6.42 Å². The summed E-state index contributed by atoms with van der Waals surface area (Å²) in [6.07, 6.45) is 3.22. The zero-order valence-corrected chi connectivity index (χ0v) is 11.4. The van der Waals surface area contributed by atoms with Crippen molar-refractivity contribution in [3.63, 3.8) is 0 Å². The summed E-state index contributed by atoms with van der Waals surface area (Å²) in [4.78, 5) is 3.18. The number of thioether (sulfide) groups is 1. The summed E-state index contributed by atoms with van der Waals surface area (Å²) in [5.41, 5.74) is 2.04. The molecule has 0 saturated carbocycles. The van der Waals surface area contributed by atoms with Crippen molar-refractivity contribution in [1.82, 2.24) is 9.55 Å². The van der Waals surface area contributed by atoms with Crippen LogP contribution in [0, 0.1) is 4.77 Å². The van der Waals surface area contributed by atoms with E-state index < -0.39 is 0 Å². The molecule has 0 aliphatic carbocycles. The van der Waals surface area contributed by atoms with Crippen LogP contribution in [-0.2, 0) is 6.54 Å². The number of para-hydroxylation sites is 1. The molecule has 2 nitrogen and oxygen atoms in total. The number of aryl methyl sites for hydroxylation is 1. The van der Waals surface area contributed by atoms with E-state index >= 15 is 0 Å². The van der Waals surface area contributed by atoms with Crippen LogP contribution in [0.15, 0.2) is 18.2 Å². The van der Waals surface area contributed by atoms with Crippen LogP contribution in [0.4, 0.5) is 0 Å². The van der Waals surface area contributed by atoms with Crippen molar-refractivity contribution in [2.75, 3.05) is 12.0 Å². The summed E-state index contributed by atoms with van der Waals surface area (Å²) in [5.74, 6) is 1.14. The monoisotopic (exact) mass is 272 g/mol. The lowest BCUT2D eigenvalue weighted by molar-refractivity contribution is 0.694. The fraction of sp³-hybridized carbons (Fsp3) is 0.364. The predicted octanol–water partition coefficient (Wildman–Crippen LogP) is 4.11. The van der Waals surface area contributed by atoms with Crippen LogP contribution in [0.5, 0.6) is 0 Å². The van der Waals surface area contributed by atoms with Gasteiger partial charge in [-0.1, -0.05) is 17.7 Å². The van der Waals surface area contributed by atoms with E-state index in [9.17, 15) is 0 Å². The summed E-state index contributed by atoms with van der Waals surface area (Å²) in [6.45, 7) is 0.920. The van der Waals surface area contributed by atoms with Crippen LogP contribution < -0.4 is 0 Å². The Morgan fingerprint density at radius 2 is 2.31 bits per heavy atom. The van der Waals surface area contributed by atoms with Crippen LogP contribution >= 0.6 is 35.6 Å². The van der Waals surface area contributed by atoms with Crippen LogP contribution in [-0.4, -0.2) is 21.6 Å². The van der Waals surface area contributed by atoms with Crippen LogP contribution in [0.25, 0.3) is 11.0 Å². The minimum Gasteiger partial charge on any atom is -0.331 e. The van der Waals surface area contributed by atoms with Gasteiger partial charge in [-0.15, -0.1) is 0 Å². The lowest BCUT2D eigenvalue weighted by atomic mass is 10.3. The van der Waals surface area contributed by atoms with Gasteiger partial charge >= 0.3 is 0 Å². The van der Waals surface area contributed by atoms with Crippen molar-refractivity contribution in [3.05, 3.63) is 28.0 Å². The Labute approximate surface area is 109 Å². The van der Waals surface area contributed by atoms with Gasteiger partial charge in [-0.05, 0) is 42.8 Å². The van der Waals surface area contributed by atoms with E-state index in [0.717, 1.165) is 39.5 Å². The average molecular weight is 273 g/mol. The molecule has 0 fully saturated rings. The largest absolute Gasteiger partial charge is 0.331 e. The second kappa shape index (κ2) is 5.25. The number of halogens is 1. The third kappa shape index (κ3) is 2.29. The van der Waals surface area contributed by atoms with Crippen molar-refractivity contribution < 1.29 is 0 Å². The highest BCUT2D eigenvalue weighted by Gasteiger charge is 2.07. The topological polar surface area (TPSA) is 20.7 Å². The Hall–Kier alpha value is -0.450. The van der Waals surface area contributed by atoms with E-state index in [2.05, 4.69) is 15.8 Å². The molecule has 16 heavy (non-hydrogen) atoms. The van der Waals surface area contributed by atoms with Crippen LogP contribution in [0.2, 0.25) is 5.02 Å². The zero-order valence-electron chi connectivity index (χ0n) is 9.00. The van der Waals surface area contributed by atoms with Gasteiger partial charge in [0.25, 0.3) is 0 Å². The fourth-order valence-corrected chi connectivity index (χ4v) is 2.74. The number of hydrogen-bond acceptors (Lipinski definition) is 2. The number of aromatic nitrogens is 2. The Morgan fingerprint density at radius 1 is 1.50 bits per heavy atom. The number of rotatable bonds is 4. The molecule has 0 saturated heterocycles. The Kier molecular flexibility index (Phi) is 3.95. The first-order valence-electron chi connectivity index (χ1n) is 5.10. The molecule has 0 amide bonds. The molecule has 0 unspecified atom stereocenters. The predicted molar refractivity (Wildman–Crippen MR) is 75.1 cm³/mol. The first kappa shape index (κ1) is 12.0. The summed E-state index contributed by atoms with van der Waals surface area (Å²) in [7, 11) is 0. The quantitative estimate of drug-likeness (QED) is 0.668. The number of aromatic amines is 1. The minimum absolute atomic E-state index is 0.754. The molecular weight excluding hydrogens is 260 g/mol. The average Bonchev–Trinajstić information content (AvgIpc) is 2.57. The maximum absolute atomic E-state index is 6.20. The van der Waals surface area contributed by atoms with Crippen LogP contribution in [0.3, 0.4) is 0 Å². The van der Waals surface area contributed by atoms with Gasteiger partial charge in [0.15, 0.2) is 4.77 Å². The smallest absolute Gasteiger partial charge is 0.178 e. The van der Waals surface area contributed by atoms with Gasteiger partial charge in [0.2, 0.25) is 0 Å². The van der Waals surface area contributed by atoms with Gasteiger partial charge in [0.1, 0.15) is 0 Å². The molecule has 1 aromatic carbocycles. The number of fused-ring (bicyclic) bond motifs is 1. The second-order valence-electron chi connectivity index (χ2n) is 3.56. The Balaban J connectivity index is 2.43. The number of nitrogens with one attached hydrogen (secondary N) is 1. The number of nitrogens with zero attached hydrogens (tertiary/aromatic N) is 1. The number of imidazole rings is 1. The molecule has 0 bridgehead atoms. The van der Waals surface area contributed by atoms with Crippen molar-refractivity contribution in [1.29, 1.82) is 0 Å². The standard InChI is InChI=1S/C11H13ClN2S2/c1-16-7-3-6-14-10-8(12)4-2-5-9(10)13-11(14)15/h2,4-5H,3,6-7H2,1H3,(H,13,15). The molecule has 0 aliphatic rings. The van der Waals surface area contributed by atoms with Gasteiger partial charge in [0, 0.05) is 6.54 Å². The van der Waals surface area contributed by atoms with Gasteiger partial charge in [-0.25, -0.2) is 0 Å². The first-order chi connectivity index (χ1) is 7.74. The molecule has 0 radical (unpaired) electrons. The lowest BCUT2D eigenvalue weighted by Crippen LogP contribution is -1.99. The number of benzene rings is 1. The fourth-order valence-electron chi connectivity index (χ4n) is 1.76. The van der Waals surface area contributed by atoms with Gasteiger partial charge in [-0.3, -0.25) is 0 Å². The molecule has 2 aromatic rings. The second-order valence-corrected chi connectivity index (χ2v) is 5.34. The highest BCUT2D eigenvalue weighted by molar-refractivity contribution is 7.98. The molecule has 5 heteroatoms. The Bertz CT molecular complexity index is 544. The minimum atomic E-state index is 0.754. The maximum atomic E-state index is 6.20.